The van der Waals surface area contributed by atoms with Crippen LogP contribution in [0.1, 0.15) is 36.1 Å². The molecule has 0 atom stereocenters. The number of nitrogens with zero attached hydrogens (tertiary/aromatic N) is 2. The molecule has 0 unspecified atom stereocenters. The van der Waals surface area contributed by atoms with E-state index in [1.807, 2.05) is 0 Å². The van der Waals surface area contributed by atoms with Crippen molar-refractivity contribution in [3.63, 3.8) is 0 Å². The summed E-state index contributed by atoms with van der Waals surface area (Å²) >= 11 is 0. The normalized spacial score (nSPS) is 13.6. The van der Waals surface area contributed by atoms with Gasteiger partial charge in [-0.2, -0.15) is 0 Å². The van der Waals surface area contributed by atoms with E-state index in [1.54, 1.807) is 0 Å². The van der Waals surface area contributed by atoms with Gasteiger partial charge in [0, 0.05) is 38.3 Å². The summed E-state index contributed by atoms with van der Waals surface area (Å²) in [6, 6.07) is 72.3. The Bertz CT molecular complexity index is 3580. The van der Waals surface area contributed by atoms with E-state index in [0.29, 0.717) is 0 Å². The molecule has 0 radical (unpaired) electrons. The first-order valence-electron chi connectivity index (χ1n) is 21.1. The maximum Gasteiger partial charge on any atom is 0.0548 e. The molecule has 2 heteroatoms. The van der Waals surface area contributed by atoms with Crippen LogP contribution in [0.25, 0.3) is 99.5 Å². The summed E-state index contributed by atoms with van der Waals surface area (Å²) in [5, 5.41) is 5.13. The van der Waals surface area contributed by atoms with Gasteiger partial charge in [-0.25, -0.2) is 0 Å². The number of rotatable bonds is 4. The molecule has 2 heterocycles. The van der Waals surface area contributed by atoms with Gasteiger partial charge in [-0.05, 0) is 122 Å². The van der Waals surface area contributed by atoms with Crippen molar-refractivity contribution in [2.45, 2.75) is 25.7 Å². The number of para-hydroxylation sites is 2. The second-order valence-corrected chi connectivity index (χ2v) is 17.2. The first-order valence-corrected chi connectivity index (χ1v) is 21.1. The molecule has 282 valence electrons. The number of hydrogen-bond acceptors (Lipinski definition) is 0. The zero-order valence-electron chi connectivity index (χ0n) is 33.6. The minimum atomic E-state index is -0.0750. The second kappa shape index (κ2) is 12.3. The van der Waals surface area contributed by atoms with Crippen molar-refractivity contribution in [2.75, 3.05) is 0 Å². The fourth-order valence-corrected chi connectivity index (χ4v) is 11.1. The standard InChI is InChI=1S/C58H40N2/c1-58(2)50-23-9-6-16-44(50)45-31-30-39(34-51(45)58)60-53-25-11-8-18-47(53)57-55(60)33-32-54-56(57)46-17-7-10-24-52(46)59(54)38-28-26-37(27-29-38)41-20-13-22-43-42-21-12-19-40(48(42)35-49(41)43)36-14-4-3-5-15-36/h3-34H,35H2,1-2H3. The van der Waals surface area contributed by atoms with Gasteiger partial charge in [-0.3, -0.25) is 0 Å². The van der Waals surface area contributed by atoms with Gasteiger partial charge < -0.3 is 9.13 Å². The quantitative estimate of drug-likeness (QED) is 0.169. The Hall–Kier alpha value is -7.42. The minimum Gasteiger partial charge on any atom is -0.309 e. The van der Waals surface area contributed by atoms with Crippen LogP contribution < -0.4 is 0 Å². The molecule has 2 aliphatic rings. The average molecular weight is 765 g/mol. The van der Waals surface area contributed by atoms with Gasteiger partial charge in [0.1, 0.15) is 0 Å². The van der Waals surface area contributed by atoms with Crippen LogP contribution in [0.5, 0.6) is 0 Å². The van der Waals surface area contributed by atoms with Gasteiger partial charge in [0.25, 0.3) is 0 Å². The smallest absolute Gasteiger partial charge is 0.0548 e. The Labute approximate surface area is 349 Å². The van der Waals surface area contributed by atoms with Gasteiger partial charge in [-0.1, -0.05) is 159 Å². The van der Waals surface area contributed by atoms with Crippen LogP contribution in [-0.2, 0) is 11.8 Å². The third-order valence-electron chi connectivity index (χ3n) is 13.8. The molecule has 13 rings (SSSR count). The highest BCUT2D eigenvalue weighted by Crippen LogP contribution is 2.50. The molecule has 60 heavy (non-hydrogen) atoms. The maximum atomic E-state index is 2.49. The lowest BCUT2D eigenvalue weighted by Crippen LogP contribution is -2.15. The van der Waals surface area contributed by atoms with Crippen molar-refractivity contribution >= 4 is 43.6 Å². The van der Waals surface area contributed by atoms with Gasteiger partial charge in [0.15, 0.2) is 0 Å². The van der Waals surface area contributed by atoms with Crippen LogP contribution in [0.4, 0.5) is 0 Å². The van der Waals surface area contributed by atoms with E-state index in [4.69, 9.17) is 0 Å². The van der Waals surface area contributed by atoms with Crippen molar-refractivity contribution in [2.24, 2.45) is 0 Å². The predicted octanol–water partition coefficient (Wildman–Crippen LogP) is 15.1. The van der Waals surface area contributed by atoms with E-state index < -0.39 is 0 Å². The van der Waals surface area contributed by atoms with Crippen LogP contribution in [0.2, 0.25) is 0 Å². The number of aromatic nitrogens is 2. The zero-order chi connectivity index (χ0) is 39.7. The highest BCUT2D eigenvalue weighted by Gasteiger charge is 2.35. The number of fused-ring (bicyclic) bond motifs is 13. The lowest BCUT2D eigenvalue weighted by atomic mass is 9.82. The van der Waals surface area contributed by atoms with Gasteiger partial charge in [-0.15, -0.1) is 0 Å². The third-order valence-corrected chi connectivity index (χ3v) is 13.8. The fourth-order valence-electron chi connectivity index (χ4n) is 11.1. The highest BCUT2D eigenvalue weighted by molar-refractivity contribution is 6.29. The molecule has 0 amide bonds. The molecule has 11 aromatic rings. The monoisotopic (exact) mass is 764 g/mol. The van der Waals surface area contributed by atoms with E-state index in [1.165, 1.54) is 116 Å². The minimum absolute atomic E-state index is 0.0750. The fraction of sp³-hybridized carbons (Fsp3) is 0.0690. The molecule has 2 aliphatic carbocycles. The van der Waals surface area contributed by atoms with Crippen LogP contribution >= 0.6 is 0 Å². The van der Waals surface area contributed by atoms with E-state index >= 15 is 0 Å². The Morgan fingerprint density at radius 3 is 1.48 bits per heavy atom. The molecule has 0 N–H and O–H groups in total. The van der Waals surface area contributed by atoms with E-state index in [0.717, 1.165) is 12.1 Å². The van der Waals surface area contributed by atoms with E-state index in [2.05, 4.69) is 217 Å². The largest absolute Gasteiger partial charge is 0.309 e. The Balaban J connectivity index is 0.954. The van der Waals surface area contributed by atoms with Crippen molar-refractivity contribution in [3.05, 3.63) is 216 Å². The summed E-state index contributed by atoms with van der Waals surface area (Å²) in [4.78, 5) is 0. The maximum absolute atomic E-state index is 2.49. The summed E-state index contributed by atoms with van der Waals surface area (Å²) in [7, 11) is 0. The molecular weight excluding hydrogens is 725 g/mol. The summed E-state index contributed by atoms with van der Waals surface area (Å²) < 4.78 is 4.95. The first-order chi connectivity index (χ1) is 29.5. The summed E-state index contributed by atoms with van der Waals surface area (Å²) in [5.41, 5.74) is 23.4. The summed E-state index contributed by atoms with van der Waals surface area (Å²) in [5.74, 6) is 0. The van der Waals surface area contributed by atoms with Gasteiger partial charge in [0.05, 0.1) is 22.1 Å². The molecule has 0 saturated carbocycles. The Kier molecular flexibility index (Phi) is 6.88. The third kappa shape index (κ3) is 4.53. The van der Waals surface area contributed by atoms with Crippen molar-refractivity contribution in [1.29, 1.82) is 0 Å². The molecule has 0 fully saturated rings. The lowest BCUT2D eigenvalue weighted by molar-refractivity contribution is 0.660. The van der Waals surface area contributed by atoms with Gasteiger partial charge in [0.2, 0.25) is 0 Å². The summed E-state index contributed by atoms with van der Waals surface area (Å²) in [6.07, 6.45) is 0.932. The van der Waals surface area contributed by atoms with E-state index in [-0.39, 0.29) is 5.41 Å². The van der Waals surface area contributed by atoms with Gasteiger partial charge >= 0.3 is 0 Å². The van der Waals surface area contributed by atoms with Crippen molar-refractivity contribution in [1.82, 2.24) is 9.13 Å². The van der Waals surface area contributed by atoms with E-state index in [9.17, 15) is 0 Å². The molecule has 9 aromatic carbocycles. The second-order valence-electron chi connectivity index (χ2n) is 17.2. The average Bonchev–Trinajstić information content (AvgIpc) is 4.02. The van der Waals surface area contributed by atoms with Crippen LogP contribution in [0.3, 0.4) is 0 Å². The zero-order valence-corrected chi connectivity index (χ0v) is 33.6. The SMILES string of the molecule is CC1(C)c2ccccc2-c2ccc(-n3c4ccccc4c4c5c6ccccc6n(-c6ccc(-c7cccc8c7Cc7c(-c9ccccc9)cccc7-8)cc6)c5ccc43)cc21. The molecule has 0 saturated heterocycles. The van der Waals surface area contributed by atoms with Crippen molar-refractivity contribution in [3.8, 4) is 55.9 Å². The Morgan fingerprint density at radius 2 is 0.833 bits per heavy atom. The number of benzene rings is 9. The molecule has 0 bridgehead atoms. The predicted molar refractivity (Wildman–Crippen MR) is 252 cm³/mol. The molecule has 0 aliphatic heterocycles. The van der Waals surface area contributed by atoms with Crippen LogP contribution in [0.15, 0.2) is 194 Å². The highest BCUT2D eigenvalue weighted by atomic mass is 15.0. The lowest BCUT2D eigenvalue weighted by Gasteiger charge is -2.22. The topological polar surface area (TPSA) is 9.86 Å². The van der Waals surface area contributed by atoms with Crippen LogP contribution in [0, 0.1) is 0 Å². The Morgan fingerprint density at radius 1 is 0.350 bits per heavy atom. The number of hydrogen-bond donors (Lipinski definition) is 0. The summed E-state index contributed by atoms with van der Waals surface area (Å²) in [6.45, 7) is 4.73. The van der Waals surface area contributed by atoms with Crippen LogP contribution in [-0.4, -0.2) is 9.13 Å². The molecule has 2 nitrogen and oxygen atoms in total. The van der Waals surface area contributed by atoms with Crippen molar-refractivity contribution < 1.29 is 0 Å². The molecular formula is C58H40N2. The first kappa shape index (κ1) is 33.5. The molecule has 2 aromatic heterocycles. The molecule has 0 spiro atoms.